The van der Waals surface area contributed by atoms with Gasteiger partial charge in [-0.15, -0.1) is 0 Å². The molecule has 4 aromatic rings. The van der Waals surface area contributed by atoms with Gasteiger partial charge in [0.1, 0.15) is 5.75 Å². The molecule has 1 aliphatic rings. The summed E-state index contributed by atoms with van der Waals surface area (Å²) in [4.78, 5) is 0. The van der Waals surface area contributed by atoms with Crippen molar-refractivity contribution in [2.24, 2.45) is 0 Å². The summed E-state index contributed by atoms with van der Waals surface area (Å²) in [5.41, 5.74) is 10.3. The third-order valence-corrected chi connectivity index (χ3v) is 8.12. The summed E-state index contributed by atoms with van der Waals surface area (Å²) < 4.78 is 21.4. The highest BCUT2D eigenvalue weighted by Crippen LogP contribution is 2.47. The Balaban J connectivity index is 1.71. The van der Waals surface area contributed by atoms with Gasteiger partial charge in [0.05, 0.1) is 41.4 Å². The summed E-state index contributed by atoms with van der Waals surface area (Å²) in [5.74, 6) is 0.688. The molecule has 9 heteroatoms. The number of hydrogen-bond acceptors (Lipinski definition) is 7. The Kier molecular flexibility index (Phi) is 6.68. The van der Waals surface area contributed by atoms with Gasteiger partial charge in [-0.3, -0.25) is 0 Å². The number of nitrogen functional groups attached to an aromatic ring is 1. The van der Waals surface area contributed by atoms with E-state index in [4.69, 9.17) is 19.8 Å². The Morgan fingerprint density at radius 1 is 1.00 bits per heavy atom. The predicted molar refractivity (Wildman–Crippen MR) is 147 cm³/mol. The van der Waals surface area contributed by atoms with Crippen molar-refractivity contribution in [1.29, 1.82) is 0 Å². The minimum atomic E-state index is -0.559. The molecule has 0 aliphatic carbocycles. The summed E-state index contributed by atoms with van der Waals surface area (Å²) >= 11 is 0. The van der Waals surface area contributed by atoms with Crippen LogP contribution in [0.3, 0.4) is 0 Å². The van der Waals surface area contributed by atoms with Crippen LogP contribution in [-0.2, 0) is 9.31 Å². The second-order valence-electron chi connectivity index (χ2n) is 9.56. The van der Waals surface area contributed by atoms with E-state index in [9.17, 15) is 0 Å². The highest BCUT2D eigenvalue weighted by atomic mass is 16.7. The molecule has 0 unspecified atom stereocenters. The molecule has 2 aromatic heterocycles. The number of nitrogens with two attached hydrogens (primary N) is 1. The van der Waals surface area contributed by atoms with Crippen molar-refractivity contribution in [2.75, 3.05) is 12.8 Å². The number of ether oxygens (including phenoxy) is 1. The van der Waals surface area contributed by atoms with Crippen LogP contribution in [0.25, 0.3) is 27.7 Å². The number of benzene rings is 2. The molecule has 1 fully saturated rings. The average Bonchev–Trinajstić information content (AvgIpc) is 3.59. The summed E-state index contributed by atoms with van der Waals surface area (Å²) in [6, 6.07) is 12.0. The van der Waals surface area contributed by atoms with Crippen LogP contribution >= 0.6 is 0 Å². The quantitative estimate of drug-likeness (QED) is 0.343. The van der Waals surface area contributed by atoms with Crippen molar-refractivity contribution in [3.8, 4) is 22.6 Å². The number of hydrogen-bond donors (Lipinski definition) is 1. The van der Waals surface area contributed by atoms with Gasteiger partial charge < -0.3 is 19.8 Å². The zero-order chi connectivity index (χ0) is 26.2. The first kappa shape index (κ1) is 25.2. The van der Waals surface area contributed by atoms with E-state index in [1.807, 2.05) is 41.2 Å². The maximum Gasteiger partial charge on any atom is 0.498 e. The van der Waals surface area contributed by atoms with E-state index in [0.29, 0.717) is 11.4 Å². The Bertz CT molecular complexity index is 1380. The van der Waals surface area contributed by atoms with E-state index >= 15 is 0 Å². The van der Waals surface area contributed by atoms with E-state index in [-0.39, 0.29) is 11.2 Å². The van der Waals surface area contributed by atoms with Crippen molar-refractivity contribution < 1.29 is 14.0 Å². The van der Waals surface area contributed by atoms with Gasteiger partial charge in [0.15, 0.2) is 0 Å². The fourth-order valence-corrected chi connectivity index (χ4v) is 5.93. The fraction of sp³-hybridized carbons (Fsp3) is 0.393. The van der Waals surface area contributed by atoms with Crippen LogP contribution in [0.2, 0.25) is 0 Å². The topological polar surface area (TPSA) is 97.3 Å². The first-order valence-corrected chi connectivity index (χ1v) is 13.0. The largest absolute Gasteiger partial charge is 0.498 e. The van der Waals surface area contributed by atoms with E-state index in [0.717, 1.165) is 58.9 Å². The molecule has 1 saturated heterocycles. The van der Waals surface area contributed by atoms with Crippen molar-refractivity contribution in [3.63, 3.8) is 0 Å². The van der Waals surface area contributed by atoms with Gasteiger partial charge in [-0.1, -0.05) is 33.8 Å². The van der Waals surface area contributed by atoms with Gasteiger partial charge in [-0.2, -0.15) is 15.3 Å². The molecule has 2 aromatic carbocycles. The molecular weight excluding hydrogens is 465 g/mol. The summed E-state index contributed by atoms with van der Waals surface area (Å²) in [6.07, 6.45) is 8.71. The van der Waals surface area contributed by atoms with Crippen molar-refractivity contribution >= 4 is 29.2 Å². The van der Waals surface area contributed by atoms with E-state index in [1.165, 1.54) is 0 Å². The molecule has 0 bridgehead atoms. The monoisotopic (exact) mass is 499 g/mol. The standard InChI is InChI=1S/C28H34BN5O3/c1-6-27(7-2)28(8-3,9-4)37-29(36-27)22-16-21(25(17-26(22)35-5)34-14-10-13-32-34)19-11-12-20-23(30)18-31-33-24(20)15-19/h10-18H,6-9H2,1-5H3,(H2,30,33). The van der Waals surface area contributed by atoms with Crippen LogP contribution in [0.1, 0.15) is 53.4 Å². The number of methoxy groups -OCH3 is 1. The highest BCUT2D eigenvalue weighted by Gasteiger charge is 2.59. The Hall–Kier alpha value is -3.43. The molecule has 8 nitrogen and oxygen atoms in total. The normalized spacial score (nSPS) is 16.4. The zero-order valence-electron chi connectivity index (χ0n) is 22.2. The molecule has 1 aliphatic heterocycles. The molecule has 0 atom stereocenters. The minimum Gasteiger partial charge on any atom is -0.497 e. The fourth-order valence-electron chi connectivity index (χ4n) is 5.93. The first-order valence-electron chi connectivity index (χ1n) is 13.0. The molecule has 0 radical (unpaired) electrons. The second-order valence-corrected chi connectivity index (χ2v) is 9.56. The zero-order valence-corrected chi connectivity index (χ0v) is 22.2. The molecule has 3 heterocycles. The van der Waals surface area contributed by atoms with Crippen LogP contribution < -0.4 is 15.9 Å². The Morgan fingerprint density at radius 2 is 1.70 bits per heavy atom. The number of nitrogens with zero attached hydrogens (tertiary/aromatic N) is 4. The number of fused-ring (bicyclic) bond motifs is 1. The third kappa shape index (κ3) is 3.97. The molecule has 2 N–H and O–H groups in total. The van der Waals surface area contributed by atoms with Crippen molar-refractivity contribution in [3.05, 3.63) is 55.0 Å². The maximum atomic E-state index is 6.82. The number of rotatable bonds is 8. The van der Waals surface area contributed by atoms with Gasteiger partial charge >= 0.3 is 7.12 Å². The van der Waals surface area contributed by atoms with Crippen LogP contribution in [0.15, 0.2) is 55.0 Å². The van der Waals surface area contributed by atoms with Gasteiger partial charge in [0.2, 0.25) is 0 Å². The smallest absolute Gasteiger partial charge is 0.497 e. The van der Waals surface area contributed by atoms with Crippen LogP contribution in [0.4, 0.5) is 5.69 Å². The Morgan fingerprint density at radius 3 is 2.30 bits per heavy atom. The minimum absolute atomic E-state index is 0.372. The summed E-state index contributed by atoms with van der Waals surface area (Å²) in [6.45, 7) is 8.72. The molecule has 5 rings (SSSR count). The lowest BCUT2D eigenvalue weighted by atomic mass is 9.75. The molecule has 192 valence electrons. The van der Waals surface area contributed by atoms with Gasteiger partial charge in [-0.25, -0.2) is 4.68 Å². The van der Waals surface area contributed by atoms with E-state index in [2.05, 4.69) is 49.1 Å². The van der Waals surface area contributed by atoms with Gasteiger partial charge in [0, 0.05) is 34.9 Å². The lowest BCUT2D eigenvalue weighted by Gasteiger charge is -2.42. The lowest BCUT2D eigenvalue weighted by Crippen LogP contribution is -2.50. The molecule has 0 spiro atoms. The molecule has 0 amide bonds. The first-order chi connectivity index (χ1) is 17.9. The van der Waals surface area contributed by atoms with Crippen LogP contribution in [-0.4, -0.2) is 45.4 Å². The van der Waals surface area contributed by atoms with Crippen molar-refractivity contribution in [1.82, 2.24) is 20.0 Å². The number of aromatic nitrogens is 4. The van der Waals surface area contributed by atoms with Gasteiger partial charge in [0.25, 0.3) is 0 Å². The summed E-state index contributed by atoms with van der Waals surface area (Å²) in [5, 5.41) is 13.7. The van der Waals surface area contributed by atoms with Crippen molar-refractivity contribution in [2.45, 2.75) is 64.6 Å². The molecule has 0 saturated carbocycles. The third-order valence-electron chi connectivity index (χ3n) is 8.12. The predicted octanol–water partition coefficient (Wildman–Crippen LogP) is 4.93. The van der Waals surface area contributed by atoms with E-state index in [1.54, 1.807) is 19.5 Å². The average molecular weight is 499 g/mol. The maximum absolute atomic E-state index is 6.82. The summed E-state index contributed by atoms with van der Waals surface area (Å²) in [7, 11) is 1.12. The van der Waals surface area contributed by atoms with Crippen LogP contribution in [0, 0.1) is 0 Å². The van der Waals surface area contributed by atoms with Crippen LogP contribution in [0.5, 0.6) is 5.75 Å². The lowest BCUT2D eigenvalue weighted by molar-refractivity contribution is -0.0601. The molecular formula is C28H34BN5O3. The van der Waals surface area contributed by atoms with Gasteiger partial charge in [-0.05, 0) is 55.5 Å². The Labute approximate surface area is 218 Å². The number of anilines is 1. The second kappa shape index (κ2) is 9.80. The SMILES string of the molecule is CCC1(CC)OB(c2cc(-c3ccc4c(N)cnnc4c3)c(-n3cccn3)cc2OC)OC1(CC)CC. The molecule has 37 heavy (non-hydrogen) atoms. The highest BCUT2D eigenvalue weighted by molar-refractivity contribution is 6.63. The van der Waals surface area contributed by atoms with E-state index < -0.39 is 7.12 Å².